The van der Waals surface area contributed by atoms with Gasteiger partial charge in [-0.1, -0.05) is 23.9 Å². The maximum absolute atomic E-state index is 12.9. The van der Waals surface area contributed by atoms with Crippen LogP contribution in [0.4, 0.5) is 11.5 Å². The molecule has 0 amide bonds. The summed E-state index contributed by atoms with van der Waals surface area (Å²) in [5, 5.41) is 14.6. The molecule has 1 N–H and O–H groups in total. The van der Waals surface area contributed by atoms with Crippen molar-refractivity contribution in [2.75, 3.05) is 6.61 Å². The van der Waals surface area contributed by atoms with Gasteiger partial charge in [0.1, 0.15) is 0 Å². The molecular weight excluding hydrogens is 380 g/mol. The first-order valence-corrected chi connectivity index (χ1v) is 10.1. The second-order valence-electron chi connectivity index (χ2n) is 7.78. The molecule has 1 saturated heterocycles. The van der Waals surface area contributed by atoms with Crippen LogP contribution >= 0.6 is 11.8 Å². The largest absolute Gasteiger partial charge is 0.375 e. The predicted molar refractivity (Wildman–Crippen MR) is 109 cm³/mol. The van der Waals surface area contributed by atoms with E-state index in [0.717, 1.165) is 23.4 Å². The van der Waals surface area contributed by atoms with E-state index in [9.17, 15) is 14.9 Å². The number of H-pyrrole nitrogens is 1. The van der Waals surface area contributed by atoms with Crippen LogP contribution in [-0.4, -0.2) is 32.0 Å². The van der Waals surface area contributed by atoms with E-state index in [1.54, 1.807) is 6.07 Å². The Morgan fingerprint density at radius 3 is 2.93 bits per heavy atom. The van der Waals surface area contributed by atoms with E-state index < -0.39 is 4.92 Å². The molecule has 2 aliphatic rings. The van der Waals surface area contributed by atoms with Gasteiger partial charge < -0.3 is 4.74 Å². The van der Waals surface area contributed by atoms with Crippen molar-refractivity contribution >= 4 is 28.3 Å². The number of non-ortho nitro benzene ring substituents is 1. The first kappa shape index (κ1) is 18.9. The Bertz CT molecular complexity index is 1020. The van der Waals surface area contributed by atoms with Gasteiger partial charge in [0.15, 0.2) is 5.82 Å². The average molecular weight is 402 g/mol. The Labute approximate surface area is 166 Å². The van der Waals surface area contributed by atoms with Crippen LogP contribution in [0.2, 0.25) is 0 Å². The van der Waals surface area contributed by atoms with Crippen LogP contribution in [-0.2, 0) is 4.74 Å². The molecule has 0 bridgehead atoms. The van der Waals surface area contributed by atoms with Gasteiger partial charge in [-0.05, 0) is 39.2 Å². The zero-order valence-electron chi connectivity index (χ0n) is 16.0. The van der Waals surface area contributed by atoms with Crippen LogP contribution in [0, 0.1) is 10.1 Å². The Morgan fingerprint density at radius 1 is 1.43 bits per heavy atom. The third-order valence-electron chi connectivity index (χ3n) is 5.17. The fourth-order valence-electron chi connectivity index (χ4n) is 3.93. The van der Waals surface area contributed by atoms with E-state index in [4.69, 9.17) is 4.74 Å². The highest BCUT2D eigenvalue weighted by Crippen LogP contribution is 2.45. The second kappa shape index (κ2) is 6.89. The highest BCUT2D eigenvalue weighted by molar-refractivity contribution is 8.14. The first-order chi connectivity index (χ1) is 13.2. The number of aromatic amines is 1. The normalized spacial score (nSPS) is 23.8. The molecule has 8 nitrogen and oxygen atoms in total. The van der Waals surface area contributed by atoms with E-state index in [0.29, 0.717) is 18.0 Å². The lowest BCUT2D eigenvalue weighted by Gasteiger charge is -2.36. The van der Waals surface area contributed by atoms with Crippen molar-refractivity contribution < 1.29 is 9.66 Å². The van der Waals surface area contributed by atoms with Crippen molar-refractivity contribution in [2.24, 2.45) is 4.99 Å². The number of nitro benzene ring substituents is 1. The van der Waals surface area contributed by atoms with Crippen molar-refractivity contribution in [3.05, 3.63) is 55.9 Å². The summed E-state index contributed by atoms with van der Waals surface area (Å²) in [6.45, 7) is 6.61. The minimum absolute atomic E-state index is 0.0156. The van der Waals surface area contributed by atoms with E-state index in [1.807, 2.05) is 31.5 Å². The number of aromatic nitrogens is 2. The maximum Gasteiger partial charge on any atom is 0.271 e. The number of nitro groups is 1. The number of rotatable bonds is 3. The van der Waals surface area contributed by atoms with Gasteiger partial charge in [-0.25, -0.2) is 4.99 Å². The smallest absolute Gasteiger partial charge is 0.271 e. The molecule has 0 unspecified atom stereocenters. The molecule has 1 fully saturated rings. The molecule has 1 aromatic carbocycles. The molecule has 0 saturated carbocycles. The van der Waals surface area contributed by atoms with Crippen molar-refractivity contribution in [1.82, 2.24) is 9.78 Å². The highest BCUT2D eigenvalue weighted by Gasteiger charge is 2.36. The number of aliphatic imine (C=N–C) groups is 1. The van der Waals surface area contributed by atoms with Crippen LogP contribution in [0.5, 0.6) is 0 Å². The number of fused-ring (bicyclic) bond motifs is 1. The average Bonchev–Trinajstić information content (AvgIpc) is 2.97. The van der Waals surface area contributed by atoms with Crippen molar-refractivity contribution in [3.63, 3.8) is 0 Å². The zero-order chi connectivity index (χ0) is 20.1. The van der Waals surface area contributed by atoms with Gasteiger partial charge >= 0.3 is 0 Å². The third-order valence-corrected chi connectivity index (χ3v) is 6.35. The summed E-state index contributed by atoms with van der Waals surface area (Å²) in [7, 11) is 0. The van der Waals surface area contributed by atoms with E-state index in [2.05, 4.69) is 10.1 Å². The minimum atomic E-state index is -0.418. The summed E-state index contributed by atoms with van der Waals surface area (Å²) in [6.07, 6.45) is 1.57. The van der Waals surface area contributed by atoms with Gasteiger partial charge in [-0.3, -0.25) is 24.7 Å². The number of nitrogens with one attached hydrogen (secondary N) is 1. The standard InChI is InChI=1S/C19H22N4O4S/c1-11-20-17-15(16(28-11)12-5-4-6-13(9-12)23(25)26)18(24)21-22(17)14-7-8-27-19(2,3)10-14/h4-6,9,14,16H,7-8,10H2,1-3H3,(H,21,24)/t14-,16-/m1/s1. The third kappa shape index (κ3) is 3.40. The summed E-state index contributed by atoms with van der Waals surface area (Å²) in [5.74, 6) is 0.625. The summed E-state index contributed by atoms with van der Waals surface area (Å²) >= 11 is 1.45. The van der Waals surface area contributed by atoms with Gasteiger partial charge in [0, 0.05) is 18.7 Å². The molecular formula is C19H22N4O4S. The van der Waals surface area contributed by atoms with Gasteiger partial charge in [0.25, 0.3) is 11.2 Å². The van der Waals surface area contributed by atoms with Crippen molar-refractivity contribution in [2.45, 2.75) is 50.5 Å². The Morgan fingerprint density at radius 2 is 2.21 bits per heavy atom. The fourth-order valence-corrected chi connectivity index (χ4v) is 5.02. The lowest BCUT2D eigenvalue weighted by Crippen LogP contribution is -2.35. The molecule has 2 atom stereocenters. The van der Waals surface area contributed by atoms with Crippen LogP contribution in [0.25, 0.3) is 0 Å². The fraction of sp³-hybridized carbons (Fsp3) is 0.474. The molecule has 9 heteroatoms. The molecule has 4 rings (SSSR count). The molecule has 0 radical (unpaired) electrons. The second-order valence-corrected chi connectivity index (χ2v) is 9.08. The minimum Gasteiger partial charge on any atom is -0.375 e. The van der Waals surface area contributed by atoms with Crippen LogP contribution in [0.1, 0.15) is 56.0 Å². The van der Waals surface area contributed by atoms with E-state index in [-0.39, 0.29) is 28.1 Å². The first-order valence-electron chi connectivity index (χ1n) is 9.20. The van der Waals surface area contributed by atoms with Crippen LogP contribution in [0.3, 0.4) is 0 Å². The maximum atomic E-state index is 12.9. The van der Waals surface area contributed by atoms with Gasteiger partial charge in [0.05, 0.1) is 32.4 Å². The number of benzene rings is 1. The topological polar surface area (TPSA) is 103 Å². The summed E-state index contributed by atoms with van der Waals surface area (Å²) < 4.78 is 7.68. The molecule has 28 heavy (non-hydrogen) atoms. The monoisotopic (exact) mass is 402 g/mol. The molecule has 0 aliphatic carbocycles. The molecule has 0 spiro atoms. The van der Waals surface area contributed by atoms with Crippen molar-refractivity contribution in [3.8, 4) is 0 Å². The van der Waals surface area contributed by atoms with Crippen molar-refractivity contribution in [1.29, 1.82) is 0 Å². The highest BCUT2D eigenvalue weighted by atomic mass is 32.2. The number of thioether (sulfide) groups is 1. The number of ether oxygens (including phenoxy) is 1. The van der Waals surface area contributed by atoms with Crippen LogP contribution < -0.4 is 5.56 Å². The lowest BCUT2D eigenvalue weighted by molar-refractivity contribution is -0.384. The van der Waals surface area contributed by atoms with E-state index >= 15 is 0 Å². The zero-order valence-corrected chi connectivity index (χ0v) is 16.8. The quantitative estimate of drug-likeness (QED) is 0.615. The number of hydrogen-bond acceptors (Lipinski definition) is 6. The number of hydrogen-bond donors (Lipinski definition) is 1. The van der Waals surface area contributed by atoms with Gasteiger partial charge in [-0.15, -0.1) is 0 Å². The molecule has 1 aromatic heterocycles. The Balaban J connectivity index is 1.80. The summed E-state index contributed by atoms with van der Waals surface area (Å²) in [5.41, 5.74) is 0.838. The SMILES string of the molecule is CC1=Nc2c(c(=O)[nH]n2[C@@H]2CCOC(C)(C)C2)[C@@H](c2cccc([N+](=O)[O-])c2)S1. The number of nitrogens with zero attached hydrogens (tertiary/aromatic N) is 3. The summed E-state index contributed by atoms with van der Waals surface area (Å²) in [6, 6.07) is 6.56. The molecule has 3 heterocycles. The summed E-state index contributed by atoms with van der Waals surface area (Å²) in [4.78, 5) is 28.3. The van der Waals surface area contributed by atoms with Gasteiger partial charge in [0.2, 0.25) is 0 Å². The Hall–Kier alpha value is -2.39. The molecule has 2 aromatic rings. The molecule has 2 aliphatic heterocycles. The lowest BCUT2D eigenvalue weighted by atomic mass is 9.94. The Kier molecular flexibility index (Phi) is 4.67. The predicted octanol–water partition coefficient (Wildman–Crippen LogP) is 4.10. The van der Waals surface area contributed by atoms with E-state index in [1.165, 1.54) is 23.9 Å². The van der Waals surface area contributed by atoms with Crippen LogP contribution in [0.15, 0.2) is 34.1 Å². The molecule has 148 valence electrons. The van der Waals surface area contributed by atoms with Gasteiger partial charge in [-0.2, -0.15) is 0 Å².